The Labute approximate surface area is 93.1 Å². The molecule has 1 nitrogen and oxygen atoms in total. The van der Waals surface area contributed by atoms with Gasteiger partial charge in [-0.05, 0) is 35.7 Å². The van der Waals surface area contributed by atoms with Crippen LogP contribution in [0, 0.1) is 11.3 Å². The highest BCUT2D eigenvalue weighted by atomic mass is 127. The zero-order chi connectivity index (χ0) is 9.31. The number of aldehydes is 1. The second-order valence-corrected chi connectivity index (χ2v) is 4.96. The Bertz CT molecular complexity index is 246. The molecule has 0 spiro atoms. The maximum Gasteiger partial charge on any atom is 0.126 e. The molecule has 0 aromatic carbocycles. The summed E-state index contributed by atoms with van der Waals surface area (Å²) in [5, 5.41) is 0. The summed E-state index contributed by atoms with van der Waals surface area (Å²) in [5.41, 5.74) is 1.59. The largest absolute Gasteiger partial charge is 0.303 e. The molecule has 2 aliphatic rings. The van der Waals surface area contributed by atoms with E-state index >= 15 is 0 Å². The molecule has 2 rings (SSSR count). The minimum Gasteiger partial charge on any atom is -0.303 e. The Hall–Kier alpha value is 0.140. The predicted molar refractivity (Wildman–Crippen MR) is 61.8 cm³/mol. The van der Waals surface area contributed by atoms with Gasteiger partial charge >= 0.3 is 0 Å². The average Bonchev–Trinajstić information content (AvgIpc) is 2.57. The molecule has 0 N–H and O–H groups in total. The van der Waals surface area contributed by atoms with E-state index in [1.54, 1.807) is 0 Å². The first kappa shape index (κ1) is 9.69. The second-order valence-electron chi connectivity index (χ2n) is 4.33. The average molecular weight is 290 g/mol. The molecule has 0 aliphatic heterocycles. The minimum absolute atomic E-state index is 0.0508. The topological polar surface area (TPSA) is 17.1 Å². The molecule has 0 amide bonds. The number of rotatable bonds is 1. The van der Waals surface area contributed by atoms with Crippen LogP contribution in [-0.2, 0) is 4.79 Å². The lowest BCUT2D eigenvalue weighted by Gasteiger charge is -2.34. The van der Waals surface area contributed by atoms with E-state index in [1.807, 2.05) is 0 Å². The molecule has 72 valence electrons. The number of hydrogen-bond donors (Lipinski definition) is 0. The van der Waals surface area contributed by atoms with Gasteiger partial charge in [-0.15, -0.1) is 0 Å². The van der Waals surface area contributed by atoms with E-state index in [0.717, 1.165) is 19.3 Å². The van der Waals surface area contributed by atoms with Crippen molar-refractivity contribution >= 4 is 28.9 Å². The molecule has 2 heteroatoms. The zero-order valence-corrected chi connectivity index (χ0v) is 9.92. The summed E-state index contributed by atoms with van der Waals surface area (Å²) in [7, 11) is 0. The van der Waals surface area contributed by atoms with Crippen molar-refractivity contribution in [1.82, 2.24) is 0 Å². The fourth-order valence-corrected chi connectivity index (χ4v) is 3.75. The molecule has 0 bridgehead atoms. The number of fused-ring (bicyclic) bond motifs is 1. The Morgan fingerprint density at radius 2 is 2.23 bits per heavy atom. The highest BCUT2D eigenvalue weighted by Crippen LogP contribution is 2.53. The maximum absolute atomic E-state index is 11.2. The second kappa shape index (κ2) is 3.71. The lowest BCUT2D eigenvalue weighted by atomic mass is 9.68. The van der Waals surface area contributed by atoms with Crippen LogP contribution in [0.3, 0.4) is 0 Å². The van der Waals surface area contributed by atoms with Gasteiger partial charge < -0.3 is 4.79 Å². The summed E-state index contributed by atoms with van der Waals surface area (Å²) in [4.78, 5) is 11.2. The van der Waals surface area contributed by atoms with Gasteiger partial charge in [0.05, 0.1) is 0 Å². The quantitative estimate of drug-likeness (QED) is 0.534. The van der Waals surface area contributed by atoms with Gasteiger partial charge in [0.1, 0.15) is 6.29 Å². The van der Waals surface area contributed by atoms with E-state index in [1.165, 1.54) is 31.1 Å². The molecule has 0 aromatic heterocycles. The first-order valence-electron chi connectivity index (χ1n) is 5.08. The smallest absolute Gasteiger partial charge is 0.126 e. The van der Waals surface area contributed by atoms with Crippen molar-refractivity contribution in [1.29, 1.82) is 0 Å². The van der Waals surface area contributed by atoms with Crippen molar-refractivity contribution < 1.29 is 4.79 Å². The third-order valence-electron chi connectivity index (χ3n) is 3.78. The number of halogens is 1. The maximum atomic E-state index is 11.2. The van der Waals surface area contributed by atoms with Gasteiger partial charge in [0.25, 0.3) is 0 Å². The summed E-state index contributed by atoms with van der Waals surface area (Å²) in [6.45, 7) is 0. The number of hydrogen-bond acceptors (Lipinski definition) is 1. The molecule has 0 unspecified atom stereocenters. The van der Waals surface area contributed by atoms with Gasteiger partial charge in [-0.1, -0.05) is 41.0 Å². The summed E-state index contributed by atoms with van der Waals surface area (Å²) >= 11 is 2.32. The van der Waals surface area contributed by atoms with E-state index in [0.29, 0.717) is 5.92 Å². The Balaban J connectivity index is 2.28. The van der Waals surface area contributed by atoms with Gasteiger partial charge in [0, 0.05) is 5.41 Å². The molecule has 2 saturated carbocycles. The van der Waals surface area contributed by atoms with E-state index in [-0.39, 0.29) is 5.41 Å². The van der Waals surface area contributed by atoms with Crippen LogP contribution in [0.2, 0.25) is 0 Å². The molecule has 2 atom stereocenters. The molecule has 2 fully saturated rings. The fourth-order valence-electron chi connectivity index (χ4n) is 3.00. The van der Waals surface area contributed by atoms with Gasteiger partial charge in [-0.25, -0.2) is 0 Å². The first-order valence-corrected chi connectivity index (χ1v) is 6.32. The van der Waals surface area contributed by atoms with Gasteiger partial charge in [-0.2, -0.15) is 0 Å². The van der Waals surface area contributed by atoms with Crippen molar-refractivity contribution in [3.8, 4) is 0 Å². The normalized spacial score (nSPS) is 41.9. The van der Waals surface area contributed by atoms with Crippen molar-refractivity contribution in [3.05, 3.63) is 9.66 Å². The van der Waals surface area contributed by atoms with Gasteiger partial charge in [0.15, 0.2) is 0 Å². The highest BCUT2D eigenvalue weighted by molar-refractivity contribution is 14.1. The van der Waals surface area contributed by atoms with Crippen LogP contribution in [0.1, 0.15) is 38.5 Å². The molecule has 0 aromatic rings. The zero-order valence-electron chi connectivity index (χ0n) is 7.76. The van der Waals surface area contributed by atoms with Crippen LogP contribution >= 0.6 is 22.6 Å². The van der Waals surface area contributed by atoms with E-state index < -0.39 is 0 Å². The number of carbonyl (C=O) groups is 1. The molecule has 0 radical (unpaired) electrons. The fraction of sp³-hybridized carbons (Fsp3) is 0.727. The van der Waals surface area contributed by atoms with E-state index in [4.69, 9.17) is 0 Å². The lowest BCUT2D eigenvalue weighted by Crippen LogP contribution is -2.31. The van der Waals surface area contributed by atoms with Crippen molar-refractivity contribution in [2.75, 3.05) is 0 Å². The molecule has 2 aliphatic carbocycles. The first-order chi connectivity index (χ1) is 6.32. The third kappa shape index (κ3) is 1.47. The summed E-state index contributed by atoms with van der Waals surface area (Å²) in [5.74, 6) is 0.593. The highest BCUT2D eigenvalue weighted by Gasteiger charge is 2.46. The summed E-state index contributed by atoms with van der Waals surface area (Å²) < 4.78 is 2.21. The minimum atomic E-state index is 0.0508. The Kier molecular flexibility index (Phi) is 2.77. The lowest BCUT2D eigenvalue weighted by molar-refractivity contribution is -0.119. The van der Waals surface area contributed by atoms with Crippen LogP contribution < -0.4 is 0 Å². The summed E-state index contributed by atoms with van der Waals surface area (Å²) in [6, 6.07) is 0. The van der Waals surface area contributed by atoms with Crippen LogP contribution in [0.25, 0.3) is 0 Å². The van der Waals surface area contributed by atoms with Crippen LogP contribution in [0.15, 0.2) is 9.66 Å². The standard InChI is InChI=1S/C11H15IO/c12-7-9-4-6-11(8-13)5-2-1-3-10(9)11/h7-8,10H,1-6H2/b9-7+/t10-,11+/m0/s1. The predicted octanol–water partition coefficient (Wildman–Crippen LogP) is 3.47. The molecular weight excluding hydrogens is 275 g/mol. The van der Waals surface area contributed by atoms with Crippen LogP contribution in [-0.4, -0.2) is 6.29 Å². The molecule has 13 heavy (non-hydrogen) atoms. The molecule has 0 heterocycles. The summed E-state index contributed by atoms with van der Waals surface area (Å²) in [6.07, 6.45) is 8.47. The molecular formula is C11H15IO. The van der Waals surface area contributed by atoms with E-state index in [2.05, 4.69) is 26.7 Å². The van der Waals surface area contributed by atoms with E-state index in [9.17, 15) is 4.79 Å². The Morgan fingerprint density at radius 1 is 1.38 bits per heavy atom. The Morgan fingerprint density at radius 3 is 2.92 bits per heavy atom. The third-order valence-corrected chi connectivity index (χ3v) is 4.58. The van der Waals surface area contributed by atoms with Crippen LogP contribution in [0.5, 0.6) is 0 Å². The number of allylic oxidation sites excluding steroid dienone is 1. The SMILES string of the molecule is O=C[C@]12CCCC[C@H]1/C(=C/I)CC2. The van der Waals surface area contributed by atoms with Crippen molar-refractivity contribution in [2.45, 2.75) is 38.5 Å². The van der Waals surface area contributed by atoms with Crippen molar-refractivity contribution in [3.63, 3.8) is 0 Å². The van der Waals surface area contributed by atoms with Crippen LogP contribution in [0.4, 0.5) is 0 Å². The van der Waals surface area contributed by atoms with Gasteiger partial charge in [0.2, 0.25) is 0 Å². The van der Waals surface area contributed by atoms with Gasteiger partial charge in [-0.3, -0.25) is 0 Å². The molecule has 0 saturated heterocycles. The monoisotopic (exact) mass is 290 g/mol. The van der Waals surface area contributed by atoms with Crippen molar-refractivity contribution in [2.24, 2.45) is 11.3 Å². The number of carbonyl (C=O) groups excluding carboxylic acids is 1.